The van der Waals surface area contributed by atoms with Crippen molar-refractivity contribution in [2.75, 3.05) is 25.7 Å². The number of rotatable bonds is 11. The van der Waals surface area contributed by atoms with E-state index < -0.39 is 58.4 Å². The monoisotopic (exact) mass is 536 g/mol. The van der Waals surface area contributed by atoms with Crippen LogP contribution in [-0.2, 0) is 19.7 Å². The third-order valence-electron chi connectivity index (χ3n) is 5.57. The molecule has 0 aliphatic rings. The van der Waals surface area contributed by atoms with Crippen LogP contribution in [0.25, 0.3) is 5.52 Å². The van der Waals surface area contributed by atoms with E-state index in [9.17, 15) is 26.4 Å². The number of sulfone groups is 2. The predicted octanol–water partition coefficient (Wildman–Crippen LogP) is 2.65. The average molecular weight is 537 g/mol. The first-order chi connectivity index (χ1) is 16.9. The topological polar surface area (TPSA) is 151 Å². The molecule has 0 spiro atoms. The van der Waals surface area contributed by atoms with Crippen molar-refractivity contribution in [1.82, 2.24) is 4.40 Å². The Balaban J connectivity index is 2.57. The number of pyridine rings is 1. The van der Waals surface area contributed by atoms with Gasteiger partial charge in [-0.25, -0.2) is 16.8 Å². The molecule has 3 aromatic rings. The summed E-state index contributed by atoms with van der Waals surface area (Å²) < 4.78 is 65.6. The maximum Gasteiger partial charge on any atom is 0.250 e. The fourth-order valence-corrected chi connectivity index (χ4v) is 8.09. The van der Waals surface area contributed by atoms with Crippen LogP contribution >= 0.6 is 0 Å². The lowest BCUT2D eigenvalue weighted by atomic mass is 10.1. The Hall–Kier alpha value is -3.38. The molecule has 10 nitrogen and oxygen atoms in total. The van der Waals surface area contributed by atoms with Gasteiger partial charge in [-0.2, -0.15) is 0 Å². The number of hydrogen-bond donors (Lipinski definition) is 1. The molecule has 0 saturated carbocycles. The van der Waals surface area contributed by atoms with Gasteiger partial charge in [-0.1, -0.05) is 13.8 Å². The summed E-state index contributed by atoms with van der Waals surface area (Å²) in [7, 11) is -5.73. The van der Waals surface area contributed by atoms with Crippen molar-refractivity contribution in [2.24, 2.45) is 5.73 Å². The van der Waals surface area contributed by atoms with Crippen LogP contribution in [0, 0.1) is 0 Å². The summed E-state index contributed by atoms with van der Waals surface area (Å²) >= 11 is 0. The lowest BCUT2D eigenvalue weighted by Gasteiger charge is -2.11. The molecule has 3 rings (SSSR count). The van der Waals surface area contributed by atoms with Crippen molar-refractivity contribution in [3.63, 3.8) is 0 Å². The molecule has 0 atom stereocenters. The fraction of sp³-hybridized carbons (Fsp3) is 0.333. The molecule has 194 valence electrons. The number of methoxy groups -OCH3 is 2. The summed E-state index contributed by atoms with van der Waals surface area (Å²) in [5.74, 6) is -1.97. The quantitative estimate of drug-likeness (QED) is 0.367. The van der Waals surface area contributed by atoms with Crippen LogP contribution in [0.15, 0.2) is 46.3 Å². The van der Waals surface area contributed by atoms with Gasteiger partial charge in [0.2, 0.25) is 5.78 Å². The smallest absolute Gasteiger partial charge is 0.250 e. The van der Waals surface area contributed by atoms with Gasteiger partial charge in [0.05, 0.1) is 36.8 Å². The molecule has 36 heavy (non-hydrogen) atoms. The zero-order valence-electron chi connectivity index (χ0n) is 20.4. The second-order valence-electron chi connectivity index (χ2n) is 8.05. The number of ether oxygens (including phenoxy) is 2. The molecule has 0 saturated heterocycles. The van der Waals surface area contributed by atoms with Crippen molar-refractivity contribution < 1.29 is 35.9 Å². The van der Waals surface area contributed by atoms with E-state index in [1.807, 2.05) is 0 Å². The van der Waals surface area contributed by atoms with Gasteiger partial charge >= 0.3 is 0 Å². The van der Waals surface area contributed by atoms with E-state index in [2.05, 4.69) is 0 Å². The van der Waals surface area contributed by atoms with Crippen molar-refractivity contribution in [2.45, 2.75) is 36.5 Å². The Morgan fingerprint density at radius 1 is 0.889 bits per heavy atom. The lowest BCUT2D eigenvalue weighted by molar-refractivity contribution is 0.0997. The van der Waals surface area contributed by atoms with E-state index >= 15 is 0 Å². The maximum absolute atomic E-state index is 13.9. The van der Waals surface area contributed by atoms with E-state index in [4.69, 9.17) is 15.2 Å². The number of primary amides is 1. The summed E-state index contributed by atoms with van der Waals surface area (Å²) in [6, 6.07) is 6.95. The van der Waals surface area contributed by atoms with Gasteiger partial charge in [0.25, 0.3) is 5.91 Å². The van der Waals surface area contributed by atoms with Gasteiger partial charge in [-0.15, -0.1) is 0 Å². The second kappa shape index (κ2) is 10.3. The van der Waals surface area contributed by atoms with Gasteiger partial charge in [0.1, 0.15) is 15.5 Å². The van der Waals surface area contributed by atoms with Crippen LogP contribution in [-0.4, -0.2) is 58.7 Å². The second-order valence-corrected chi connectivity index (χ2v) is 12.1. The van der Waals surface area contributed by atoms with Gasteiger partial charge in [0.15, 0.2) is 31.2 Å². The van der Waals surface area contributed by atoms with Gasteiger partial charge in [-0.3, -0.25) is 9.59 Å². The highest BCUT2D eigenvalue weighted by molar-refractivity contribution is 7.94. The van der Waals surface area contributed by atoms with E-state index in [1.165, 1.54) is 50.7 Å². The van der Waals surface area contributed by atoms with E-state index in [0.29, 0.717) is 5.75 Å². The molecule has 0 unspecified atom stereocenters. The standard InChI is InChI=1S/C24H28N2O8S2/c1-5-12-35(29,30)22-19-16(24(25)28)8-7-11-26(19)20(23(22)36(31,32)13-6-2)21(27)15-9-10-17(33-3)18(14-15)34-4/h7-11,14H,5-6,12-13H2,1-4H3,(H2,25,28). The molecule has 0 bridgehead atoms. The highest BCUT2D eigenvalue weighted by atomic mass is 32.2. The number of ketones is 1. The molecule has 2 N–H and O–H groups in total. The predicted molar refractivity (Wildman–Crippen MR) is 134 cm³/mol. The molecular formula is C24H28N2O8S2. The summed E-state index contributed by atoms with van der Waals surface area (Å²) in [5.41, 5.74) is 4.71. The largest absolute Gasteiger partial charge is 0.493 e. The summed E-state index contributed by atoms with van der Waals surface area (Å²) in [6.45, 7) is 3.25. The molecule has 2 heterocycles. The first-order valence-corrected chi connectivity index (χ1v) is 14.4. The lowest BCUT2D eigenvalue weighted by Crippen LogP contribution is -2.17. The first-order valence-electron chi connectivity index (χ1n) is 11.1. The van der Waals surface area contributed by atoms with Crippen molar-refractivity contribution in [3.8, 4) is 11.5 Å². The van der Waals surface area contributed by atoms with Gasteiger partial charge in [0, 0.05) is 11.8 Å². The summed E-state index contributed by atoms with van der Waals surface area (Å²) in [6.07, 6.45) is 1.70. The molecule has 0 aliphatic carbocycles. The van der Waals surface area contributed by atoms with Crippen LogP contribution in [0.3, 0.4) is 0 Å². The zero-order chi connectivity index (χ0) is 26.8. The van der Waals surface area contributed by atoms with Crippen LogP contribution in [0.4, 0.5) is 0 Å². The minimum absolute atomic E-state index is 0.0314. The molecule has 1 aromatic carbocycles. The number of fused-ring (bicyclic) bond motifs is 1. The maximum atomic E-state index is 13.9. The number of hydrogen-bond acceptors (Lipinski definition) is 8. The minimum atomic E-state index is -4.29. The number of nitrogens with zero attached hydrogens (tertiary/aromatic N) is 1. The third-order valence-corrected chi connectivity index (χ3v) is 9.62. The SMILES string of the molecule is CCCS(=O)(=O)c1c(S(=O)(=O)CCC)c2c(C(N)=O)cccn2c1C(=O)c1ccc(OC)c(OC)c1. The van der Waals surface area contributed by atoms with E-state index in [-0.39, 0.29) is 35.2 Å². The Labute approximate surface area is 209 Å². The molecule has 2 aromatic heterocycles. The van der Waals surface area contributed by atoms with Crippen LogP contribution in [0.2, 0.25) is 0 Å². The number of aromatic nitrogens is 1. The molecule has 12 heteroatoms. The van der Waals surface area contributed by atoms with Crippen molar-refractivity contribution >= 4 is 36.9 Å². The fourth-order valence-electron chi connectivity index (χ4n) is 4.10. The number of nitrogens with two attached hydrogens (primary N) is 1. The van der Waals surface area contributed by atoms with Crippen molar-refractivity contribution in [1.29, 1.82) is 0 Å². The van der Waals surface area contributed by atoms with E-state index in [0.717, 1.165) is 4.40 Å². The van der Waals surface area contributed by atoms with Gasteiger partial charge < -0.3 is 19.6 Å². The third kappa shape index (κ3) is 4.70. The van der Waals surface area contributed by atoms with Crippen LogP contribution < -0.4 is 15.2 Å². The summed E-state index contributed by atoms with van der Waals surface area (Å²) in [4.78, 5) is 25.0. The Morgan fingerprint density at radius 2 is 1.47 bits per heavy atom. The molecular weight excluding hydrogens is 508 g/mol. The highest BCUT2D eigenvalue weighted by Gasteiger charge is 2.38. The number of carbonyl (C=O) groups excluding carboxylic acids is 2. The minimum Gasteiger partial charge on any atom is -0.493 e. The van der Waals surface area contributed by atoms with Crippen LogP contribution in [0.1, 0.15) is 53.1 Å². The zero-order valence-corrected chi connectivity index (χ0v) is 22.0. The number of benzene rings is 1. The average Bonchev–Trinajstić information content (AvgIpc) is 3.20. The number of amides is 1. The van der Waals surface area contributed by atoms with Crippen LogP contribution in [0.5, 0.6) is 11.5 Å². The van der Waals surface area contributed by atoms with E-state index in [1.54, 1.807) is 13.8 Å². The molecule has 0 radical (unpaired) electrons. The highest BCUT2D eigenvalue weighted by Crippen LogP contribution is 2.38. The van der Waals surface area contributed by atoms with Crippen molar-refractivity contribution in [3.05, 3.63) is 53.3 Å². The Bertz CT molecular complexity index is 1550. The van der Waals surface area contributed by atoms with Gasteiger partial charge in [-0.05, 0) is 43.2 Å². The normalized spacial score (nSPS) is 12.0. The Morgan fingerprint density at radius 3 is 2.00 bits per heavy atom. The number of carbonyl (C=O) groups is 2. The molecule has 1 amide bonds. The molecule has 0 aliphatic heterocycles. The molecule has 0 fully saturated rings. The Kier molecular flexibility index (Phi) is 7.79. The summed E-state index contributed by atoms with van der Waals surface area (Å²) in [5, 5.41) is 0. The first kappa shape index (κ1) is 27.2.